The van der Waals surface area contributed by atoms with Crippen molar-refractivity contribution in [2.45, 2.75) is 62.9 Å². The molecule has 5 unspecified atom stereocenters. The zero-order chi connectivity index (χ0) is 32.2. The lowest BCUT2D eigenvalue weighted by molar-refractivity contribution is -0.142. The summed E-state index contributed by atoms with van der Waals surface area (Å²) in [7, 11) is 0. The van der Waals surface area contributed by atoms with Crippen molar-refractivity contribution in [3.63, 3.8) is 0 Å². The molecule has 3 rings (SSSR count). The van der Waals surface area contributed by atoms with Gasteiger partial charge in [-0.1, -0.05) is 48.5 Å². The maximum atomic E-state index is 13.4. The van der Waals surface area contributed by atoms with Gasteiger partial charge in [0.1, 0.15) is 18.1 Å². The number of amides is 3. The SMILES string of the molecule is CC(O)C(NC(=O)C(N)Cc1ccccc1)C(=O)NC(CCCN=C(N)N)C(=O)NC(Cc1c[nH]c2ccccc12)C(=O)O. The van der Waals surface area contributed by atoms with Crippen molar-refractivity contribution in [2.75, 3.05) is 6.54 Å². The Morgan fingerprint density at radius 2 is 1.55 bits per heavy atom. The molecule has 0 spiro atoms. The van der Waals surface area contributed by atoms with Crippen molar-refractivity contribution in [3.05, 3.63) is 71.9 Å². The summed E-state index contributed by atoms with van der Waals surface area (Å²) in [6, 6.07) is 11.4. The number of carboxylic acid groups (broad SMARTS) is 1. The molecular weight excluding hydrogens is 568 g/mol. The van der Waals surface area contributed by atoms with Gasteiger partial charge in [-0.05, 0) is 43.4 Å². The van der Waals surface area contributed by atoms with Crippen LogP contribution in [0, 0.1) is 0 Å². The summed E-state index contributed by atoms with van der Waals surface area (Å²) >= 11 is 0. The predicted octanol–water partition coefficient (Wildman–Crippen LogP) is -0.746. The summed E-state index contributed by atoms with van der Waals surface area (Å²) in [6.45, 7) is 1.45. The molecule has 0 aliphatic carbocycles. The number of nitrogens with two attached hydrogens (primary N) is 3. The number of nitrogens with one attached hydrogen (secondary N) is 4. The topological polar surface area (TPSA) is 251 Å². The zero-order valence-corrected chi connectivity index (χ0v) is 24.4. The average molecular weight is 609 g/mol. The second-order valence-electron chi connectivity index (χ2n) is 10.5. The smallest absolute Gasteiger partial charge is 0.326 e. The standard InChI is InChI=1S/C30H40N8O6/c1-17(39)25(38-26(40)21(31)14-18-8-3-2-4-9-18)28(42)36-23(12-7-13-34-30(32)33)27(41)37-24(29(43)44)15-19-16-35-22-11-6-5-10-20(19)22/h2-6,8-11,16-17,21,23-25,35,39H,7,12-15,31H2,1H3,(H,36,42)(H,37,41)(H,38,40)(H,43,44)(H4,32,33,34). The molecule has 0 radical (unpaired) electrons. The molecule has 12 N–H and O–H groups in total. The van der Waals surface area contributed by atoms with Crippen LogP contribution in [0.2, 0.25) is 0 Å². The van der Waals surface area contributed by atoms with Crippen molar-refractivity contribution in [1.29, 1.82) is 0 Å². The minimum atomic E-state index is -1.45. The first-order chi connectivity index (χ1) is 21.0. The maximum absolute atomic E-state index is 13.4. The van der Waals surface area contributed by atoms with Crippen LogP contribution in [0.5, 0.6) is 0 Å². The van der Waals surface area contributed by atoms with Gasteiger partial charge in [-0.25, -0.2) is 4.79 Å². The van der Waals surface area contributed by atoms with E-state index < -0.39 is 54.0 Å². The molecule has 3 aromatic rings. The van der Waals surface area contributed by atoms with Crippen LogP contribution in [-0.4, -0.2) is 81.7 Å². The van der Waals surface area contributed by atoms with Gasteiger partial charge in [-0.15, -0.1) is 0 Å². The number of aromatic amines is 1. The number of fused-ring (bicyclic) bond motifs is 1. The normalized spacial score (nSPS) is 14.4. The highest BCUT2D eigenvalue weighted by atomic mass is 16.4. The molecule has 236 valence electrons. The molecule has 5 atom stereocenters. The van der Waals surface area contributed by atoms with Crippen LogP contribution in [0.3, 0.4) is 0 Å². The van der Waals surface area contributed by atoms with E-state index in [-0.39, 0.29) is 38.2 Å². The van der Waals surface area contributed by atoms with E-state index in [0.29, 0.717) is 5.56 Å². The van der Waals surface area contributed by atoms with E-state index in [1.54, 1.807) is 30.5 Å². The molecule has 2 aromatic carbocycles. The minimum Gasteiger partial charge on any atom is -0.480 e. The van der Waals surface area contributed by atoms with Gasteiger partial charge in [0, 0.05) is 30.1 Å². The number of guanidine groups is 1. The minimum absolute atomic E-state index is 0.0224. The monoisotopic (exact) mass is 608 g/mol. The molecule has 0 aliphatic rings. The van der Waals surface area contributed by atoms with Crippen molar-refractivity contribution < 1.29 is 29.4 Å². The summed E-state index contributed by atoms with van der Waals surface area (Å²) in [4.78, 5) is 58.6. The molecule has 14 heteroatoms. The third-order valence-corrected chi connectivity index (χ3v) is 6.99. The Labute approximate surface area is 254 Å². The summed E-state index contributed by atoms with van der Waals surface area (Å²) in [6.07, 6.45) is 0.794. The van der Waals surface area contributed by atoms with Crippen LogP contribution in [0.25, 0.3) is 10.9 Å². The van der Waals surface area contributed by atoms with E-state index in [0.717, 1.165) is 16.5 Å². The van der Waals surface area contributed by atoms with E-state index in [1.807, 2.05) is 30.3 Å². The number of rotatable bonds is 16. The molecule has 14 nitrogen and oxygen atoms in total. The van der Waals surface area contributed by atoms with E-state index in [4.69, 9.17) is 17.2 Å². The number of para-hydroxylation sites is 1. The number of carbonyl (C=O) groups excluding carboxylic acids is 3. The van der Waals surface area contributed by atoms with Gasteiger partial charge in [0.25, 0.3) is 0 Å². The highest BCUT2D eigenvalue weighted by molar-refractivity contribution is 5.94. The highest BCUT2D eigenvalue weighted by Crippen LogP contribution is 2.19. The van der Waals surface area contributed by atoms with Crippen LogP contribution >= 0.6 is 0 Å². The number of aliphatic hydroxyl groups is 1. The van der Waals surface area contributed by atoms with Gasteiger partial charge in [-0.3, -0.25) is 19.4 Å². The van der Waals surface area contributed by atoms with Gasteiger partial charge in [-0.2, -0.15) is 0 Å². The lowest BCUT2D eigenvalue weighted by Crippen LogP contribution is -2.60. The Hall–Kier alpha value is -4.95. The fourth-order valence-electron chi connectivity index (χ4n) is 4.65. The molecule has 1 aromatic heterocycles. The first kappa shape index (κ1) is 33.6. The molecule has 1 heterocycles. The second-order valence-corrected chi connectivity index (χ2v) is 10.5. The van der Waals surface area contributed by atoms with Crippen LogP contribution in [-0.2, 0) is 32.0 Å². The molecule has 0 saturated carbocycles. The van der Waals surface area contributed by atoms with Gasteiger partial charge < -0.3 is 48.3 Å². The lowest BCUT2D eigenvalue weighted by Gasteiger charge is -2.26. The van der Waals surface area contributed by atoms with Gasteiger partial charge in [0.05, 0.1) is 12.1 Å². The number of aliphatic imine (C=N–C) groups is 1. The predicted molar refractivity (Wildman–Crippen MR) is 165 cm³/mol. The lowest BCUT2D eigenvalue weighted by atomic mass is 10.0. The zero-order valence-electron chi connectivity index (χ0n) is 24.4. The Morgan fingerprint density at radius 3 is 2.20 bits per heavy atom. The van der Waals surface area contributed by atoms with Gasteiger partial charge >= 0.3 is 5.97 Å². The molecular formula is C30H40N8O6. The summed E-state index contributed by atoms with van der Waals surface area (Å²) in [5, 5.41) is 28.6. The molecule has 44 heavy (non-hydrogen) atoms. The third kappa shape index (κ3) is 9.81. The van der Waals surface area contributed by atoms with E-state index >= 15 is 0 Å². The first-order valence-corrected chi connectivity index (χ1v) is 14.2. The number of nitrogens with zero attached hydrogens (tertiary/aromatic N) is 1. The summed E-state index contributed by atoms with van der Waals surface area (Å²) in [5.41, 5.74) is 19.1. The number of hydrogen-bond donors (Lipinski definition) is 9. The van der Waals surface area contributed by atoms with E-state index in [1.165, 1.54) is 6.92 Å². The van der Waals surface area contributed by atoms with Crippen LogP contribution in [0.4, 0.5) is 0 Å². The quantitative estimate of drug-likeness (QED) is 0.0563. The number of carboxylic acids is 1. The summed E-state index contributed by atoms with van der Waals surface area (Å²) < 4.78 is 0. The van der Waals surface area contributed by atoms with Crippen molar-refractivity contribution >= 4 is 40.6 Å². The average Bonchev–Trinajstić information content (AvgIpc) is 3.39. The Kier molecular flexibility index (Phi) is 12.2. The van der Waals surface area contributed by atoms with E-state index in [9.17, 15) is 29.4 Å². The number of hydrogen-bond acceptors (Lipinski definition) is 7. The van der Waals surface area contributed by atoms with Gasteiger partial charge in [0.15, 0.2) is 5.96 Å². The molecule has 0 fully saturated rings. The number of benzene rings is 2. The van der Waals surface area contributed by atoms with Crippen molar-refractivity contribution in [3.8, 4) is 0 Å². The third-order valence-electron chi connectivity index (χ3n) is 6.99. The number of carbonyl (C=O) groups is 4. The van der Waals surface area contributed by atoms with Crippen molar-refractivity contribution in [1.82, 2.24) is 20.9 Å². The van der Waals surface area contributed by atoms with Crippen LogP contribution in [0.1, 0.15) is 30.9 Å². The Balaban J connectivity index is 1.73. The van der Waals surface area contributed by atoms with E-state index in [2.05, 4.69) is 25.9 Å². The first-order valence-electron chi connectivity index (χ1n) is 14.2. The fraction of sp³-hybridized carbons (Fsp3) is 0.367. The molecule has 0 bridgehead atoms. The number of H-pyrrole nitrogens is 1. The second kappa shape index (κ2) is 16.0. The largest absolute Gasteiger partial charge is 0.480 e. The number of aliphatic hydroxyl groups excluding tert-OH is 1. The number of aromatic nitrogens is 1. The summed E-state index contributed by atoms with van der Waals surface area (Å²) in [5.74, 6) is -3.72. The Bertz CT molecular complexity index is 1450. The van der Waals surface area contributed by atoms with Crippen LogP contribution in [0.15, 0.2) is 65.8 Å². The van der Waals surface area contributed by atoms with Gasteiger partial charge in [0.2, 0.25) is 17.7 Å². The van der Waals surface area contributed by atoms with Crippen molar-refractivity contribution in [2.24, 2.45) is 22.2 Å². The maximum Gasteiger partial charge on any atom is 0.326 e. The number of aliphatic carboxylic acids is 1. The van der Waals surface area contributed by atoms with Crippen LogP contribution < -0.4 is 33.2 Å². The molecule has 0 saturated heterocycles. The highest BCUT2D eigenvalue weighted by Gasteiger charge is 2.32. The molecule has 0 aliphatic heterocycles. The fourth-order valence-corrected chi connectivity index (χ4v) is 4.65. The molecule has 3 amide bonds. The Morgan fingerprint density at radius 1 is 0.886 bits per heavy atom.